The van der Waals surface area contributed by atoms with E-state index in [0.717, 1.165) is 47.4 Å². The van der Waals surface area contributed by atoms with Gasteiger partial charge in [-0.2, -0.15) is 0 Å². The third-order valence-corrected chi connectivity index (χ3v) is 6.54. The summed E-state index contributed by atoms with van der Waals surface area (Å²) < 4.78 is 6.40. The summed E-state index contributed by atoms with van der Waals surface area (Å²) in [6.07, 6.45) is 5.15. The van der Waals surface area contributed by atoms with Gasteiger partial charge in [-0.05, 0) is 48.6 Å². The lowest BCUT2D eigenvalue weighted by Crippen LogP contribution is -2.46. The topological polar surface area (TPSA) is 45.7 Å². The molecule has 5 heteroatoms. The molecule has 0 spiro atoms. The molecule has 1 saturated heterocycles. The van der Waals surface area contributed by atoms with Crippen LogP contribution in [0.3, 0.4) is 0 Å². The molecule has 30 heavy (non-hydrogen) atoms. The average molecular weight is 399 g/mol. The van der Waals surface area contributed by atoms with Gasteiger partial charge in [0.15, 0.2) is 0 Å². The number of nitrogens with zero attached hydrogens (tertiary/aromatic N) is 3. The van der Waals surface area contributed by atoms with Gasteiger partial charge in [0.25, 0.3) is 0 Å². The van der Waals surface area contributed by atoms with Crippen LogP contribution in [-0.2, 0) is 11.3 Å². The molecule has 3 aliphatic rings. The number of carbonyl (C=O) groups excluding carboxylic acids is 1. The summed E-state index contributed by atoms with van der Waals surface area (Å²) in [6, 6.07) is 18.2. The van der Waals surface area contributed by atoms with Crippen molar-refractivity contribution in [3.63, 3.8) is 0 Å². The number of aromatic nitrogens is 1. The molecule has 2 bridgehead atoms. The van der Waals surface area contributed by atoms with Crippen LogP contribution >= 0.6 is 0 Å². The Kier molecular flexibility index (Phi) is 4.23. The highest BCUT2D eigenvalue weighted by Crippen LogP contribution is 2.39. The Balaban J connectivity index is 1.31. The number of hydrogen-bond acceptors (Lipinski definition) is 4. The van der Waals surface area contributed by atoms with Gasteiger partial charge in [0.1, 0.15) is 11.9 Å². The number of anilines is 1. The molecular weight excluding hydrogens is 374 g/mol. The summed E-state index contributed by atoms with van der Waals surface area (Å²) in [4.78, 5) is 22.6. The van der Waals surface area contributed by atoms with Gasteiger partial charge in [-0.1, -0.05) is 30.3 Å². The zero-order valence-electron chi connectivity index (χ0n) is 16.9. The van der Waals surface area contributed by atoms with E-state index >= 15 is 0 Å². The Labute approximate surface area is 176 Å². The van der Waals surface area contributed by atoms with E-state index in [4.69, 9.17) is 4.74 Å². The minimum Gasteiger partial charge on any atom is -0.487 e. The molecule has 2 aliphatic heterocycles. The monoisotopic (exact) mass is 399 g/mol. The summed E-state index contributed by atoms with van der Waals surface area (Å²) in [5.74, 6) is 1.68. The molecule has 5 nitrogen and oxygen atoms in total. The zero-order valence-corrected chi connectivity index (χ0v) is 16.9. The van der Waals surface area contributed by atoms with Crippen LogP contribution in [0.2, 0.25) is 0 Å². The first-order valence-electron chi connectivity index (χ1n) is 10.9. The molecule has 0 radical (unpaired) electrons. The second kappa shape index (κ2) is 7.10. The van der Waals surface area contributed by atoms with Gasteiger partial charge in [-0.3, -0.25) is 14.7 Å². The predicted molar refractivity (Wildman–Crippen MR) is 116 cm³/mol. The molecule has 2 atom stereocenters. The first kappa shape index (κ1) is 17.9. The van der Waals surface area contributed by atoms with Crippen LogP contribution in [0.15, 0.2) is 60.8 Å². The van der Waals surface area contributed by atoms with Crippen LogP contribution in [-0.4, -0.2) is 41.0 Å². The third kappa shape index (κ3) is 3.23. The Morgan fingerprint density at radius 3 is 2.80 bits per heavy atom. The number of fused-ring (bicyclic) bond motifs is 4. The fourth-order valence-corrected chi connectivity index (χ4v) is 4.82. The van der Waals surface area contributed by atoms with Crippen molar-refractivity contribution in [1.82, 2.24) is 9.88 Å². The highest BCUT2D eigenvalue weighted by Gasteiger charge is 2.43. The molecule has 1 saturated carbocycles. The number of pyridine rings is 1. The van der Waals surface area contributed by atoms with E-state index in [-0.39, 0.29) is 18.1 Å². The second-order valence-corrected chi connectivity index (χ2v) is 8.82. The molecule has 3 aromatic rings. The fraction of sp³-hybridized carbons (Fsp3) is 0.360. The first-order valence-corrected chi connectivity index (χ1v) is 10.9. The summed E-state index contributed by atoms with van der Waals surface area (Å²) in [6.45, 7) is 2.27. The summed E-state index contributed by atoms with van der Waals surface area (Å²) >= 11 is 0. The van der Waals surface area contributed by atoms with Crippen LogP contribution < -0.4 is 9.64 Å². The molecule has 6 rings (SSSR count). The van der Waals surface area contributed by atoms with E-state index in [1.807, 2.05) is 53.6 Å². The number of carbonyl (C=O) groups is 1. The van der Waals surface area contributed by atoms with Crippen molar-refractivity contribution in [1.29, 1.82) is 0 Å². The van der Waals surface area contributed by atoms with E-state index < -0.39 is 0 Å². The van der Waals surface area contributed by atoms with Gasteiger partial charge in [0, 0.05) is 37.6 Å². The van der Waals surface area contributed by atoms with Crippen molar-refractivity contribution < 1.29 is 9.53 Å². The second-order valence-electron chi connectivity index (χ2n) is 8.82. The lowest BCUT2D eigenvalue weighted by atomic mass is 10.1. The van der Waals surface area contributed by atoms with Crippen LogP contribution in [0.1, 0.15) is 24.8 Å². The van der Waals surface area contributed by atoms with Crippen molar-refractivity contribution in [3.8, 4) is 5.75 Å². The maximum Gasteiger partial charge on any atom is 0.244 e. The molecule has 3 heterocycles. The Morgan fingerprint density at radius 2 is 1.90 bits per heavy atom. The number of para-hydroxylation sites is 3. The Hall–Kier alpha value is -2.92. The number of hydrogen-bond donors (Lipinski definition) is 0. The van der Waals surface area contributed by atoms with Gasteiger partial charge in [0.05, 0.1) is 17.2 Å². The molecule has 2 fully saturated rings. The minimum atomic E-state index is -0.145. The molecule has 2 aromatic carbocycles. The van der Waals surface area contributed by atoms with Crippen LogP contribution in [0.5, 0.6) is 5.75 Å². The van der Waals surface area contributed by atoms with Crippen LogP contribution in [0.25, 0.3) is 10.9 Å². The van der Waals surface area contributed by atoms with E-state index in [1.165, 1.54) is 12.8 Å². The first-order chi connectivity index (χ1) is 14.7. The Morgan fingerprint density at radius 1 is 1.07 bits per heavy atom. The van der Waals surface area contributed by atoms with Gasteiger partial charge < -0.3 is 9.64 Å². The van der Waals surface area contributed by atoms with E-state index in [2.05, 4.69) is 22.0 Å². The lowest BCUT2D eigenvalue weighted by Gasteiger charge is -2.32. The number of rotatable bonds is 4. The summed E-state index contributed by atoms with van der Waals surface area (Å²) in [7, 11) is 0. The summed E-state index contributed by atoms with van der Waals surface area (Å²) in [5.41, 5.74) is 3.07. The van der Waals surface area contributed by atoms with Gasteiger partial charge in [0.2, 0.25) is 5.91 Å². The molecule has 0 unspecified atom stereocenters. The van der Waals surface area contributed by atoms with E-state index in [9.17, 15) is 4.79 Å². The number of likely N-dealkylation sites (tertiary alicyclic amines) is 1. The standard InChI is InChI=1S/C25H25N3O2/c29-25-23-12-20(30-24-8-4-3-7-22(24)28(25)15-17-9-10-17)16-27(23)14-18-11-19-5-1-2-6-21(19)26-13-18/h1-8,11,13,17,20,23H,9-10,12,14-16H2/t20-,23-/m0/s1. The van der Waals surface area contributed by atoms with Gasteiger partial charge in [-0.25, -0.2) is 0 Å². The Bertz CT molecular complexity index is 1110. The molecule has 0 N–H and O–H groups in total. The van der Waals surface area contributed by atoms with Crippen molar-refractivity contribution in [2.24, 2.45) is 5.92 Å². The third-order valence-electron chi connectivity index (χ3n) is 6.54. The highest BCUT2D eigenvalue weighted by atomic mass is 16.5. The fourth-order valence-electron chi connectivity index (χ4n) is 4.82. The van der Waals surface area contributed by atoms with Crippen LogP contribution in [0.4, 0.5) is 5.69 Å². The van der Waals surface area contributed by atoms with Crippen molar-refractivity contribution >= 4 is 22.5 Å². The van der Waals surface area contributed by atoms with E-state index in [1.54, 1.807) is 0 Å². The van der Waals surface area contributed by atoms with Gasteiger partial charge in [-0.15, -0.1) is 0 Å². The largest absolute Gasteiger partial charge is 0.487 e. The number of ether oxygens (including phenoxy) is 1. The normalized spacial score (nSPS) is 23.7. The van der Waals surface area contributed by atoms with Crippen molar-refractivity contribution in [2.75, 3.05) is 18.0 Å². The SMILES string of the molecule is O=C1[C@@H]2C[C@@H](CN2Cc2cnc3ccccc3c2)Oc2ccccc2N1CC1CC1. The van der Waals surface area contributed by atoms with Gasteiger partial charge >= 0.3 is 0 Å². The molecule has 152 valence electrons. The maximum atomic E-state index is 13.7. The lowest BCUT2D eigenvalue weighted by molar-refractivity contribution is -0.123. The molecule has 1 amide bonds. The molecule has 1 aliphatic carbocycles. The number of benzene rings is 2. The quantitative estimate of drug-likeness (QED) is 0.665. The van der Waals surface area contributed by atoms with E-state index in [0.29, 0.717) is 12.5 Å². The molecular formula is C25H25N3O2. The zero-order chi connectivity index (χ0) is 20.1. The number of amides is 1. The smallest absolute Gasteiger partial charge is 0.244 e. The van der Waals surface area contributed by atoms with Crippen molar-refractivity contribution in [2.45, 2.75) is 38.0 Å². The average Bonchev–Trinajstić information content (AvgIpc) is 3.50. The van der Waals surface area contributed by atoms with Crippen molar-refractivity contribution in [3.05, 3.63) is 66.4 Å². The molecule has 1 aromatic heterocycles. The summed E-state index contributed by atoms with van der Waals surface area (Å²) in [5, 5.41) is 1.14. The maximum absolute atomic E-state index is 13.7. The minimum absolute atomic E-state index is 0.0385. The predicted octanol–water partition coefficient (Wildman–Crippen LogP) is 4.01. The van der Waals surface area contributed by atoms with Crippen LogP contribution in [0, 0.1) is 5.92 Å². The highest BCUT2D eigenvalue weighted by molar-refractivity contribution is 5.99.